The predicted molar refractivity (Wildman–Crippen MR) is 109 cm³/mol. The number of amides is 2. The highest BCUT2D eigenvalue weighted by Crippen LogP contribution is 2.26. The standard InChI is InChI=1S/C19H19ClFN3O6S/c20-14-6-5-13(11-17(14)31(27,28)24-7-9-29-10-8-24)19(26)23-22-18(25)12-30-16-4-2-1-3-15(16)21/h1-6,11H,7-10,12H2,(H,22,25)(H,23,26). The number of hydrogen-bond acceptors (Lipinski definition) is 6. The zero-order chi connectivity index (χ0) is 22.4. The zero-order valence-corrected chi connectivity index (χ0v) is 17.7. The van der Waals surface area contributed by atoms with Crippen molar-refractivity contribution in [2.24, 2.45) is 0 Å². The van der Waals surface area contributed by atoms with E-state index < -0.39 is 34.3 Å². The molecule has 1 fully saturated rings. The molecule has 2 aromatic carbocycles. The number of nitrogens with zero attached hydrogens (tertiary/aromatic N) is 1. The fraction of sp³-hybridized carbons (Fsp3) is 0.263. The molecule has 0 aromatic heterocycles. The summed E-state index contributed by atoms with van der Waals surface area (Å²) >= 11 is 6.06. The number of nitrogens with one attached hydrogen (secondary N) is 2. The molecule has 0 saturated carbocycles. The van der Waals surface area contributed by atoms with Gasteiger partial charge >= 0.3 is 0 Å². The van der Waals surface area contributed by atoms with E-state index in [2.05, 4.69) is 10.9 Å². The zero-order valence-electron chi connectivity index (χ0n) is 16.1. The summed E-state index contributed by atoms with van der Waals surface area (Å²) in [6.45, 7) is 0.328. The van der Waals surface area contributed by atoms with Crippen LogP contribution in [0.4, 0.5) is 4.39 Å². The number of ether oxygens (including phenoxy) is 2. The molecule has 0 radical (unpaired) electrons. The van der Waals surface area contributed by atoms with Gasteiger partial charge in [0.05, 0.1) is 18.2 Å². The average Bonchev–Trinajstić information content (AvgIpc) is 2.77. The van der Waals surface area contributed by atoms with Gasteiger partial charge in [-0.2, -0.15) is 4.31 Å². The lowest BCUT2D eigenvalue weighted by Crippen LogP contribution is -2.44. The largest absolute Gasteiger partial charge is 0.481 e. The van der Waals surface area contributed by atoms with Gasteiger partial charge in [0, 0.05) is 18.7 Å². The molecule has 1 aliphatic heterocycles. The Morgan fingerprint density at radius 2 is 1.84 bits per heavy atom. The van der Waals surface area contributed by atoms with Crippen LogP contribution >= 0.6 is 11.6 Å². The van der Waals surface area contributed by atoms with Gasteiger partial charge in [0.2, 0.25) is 10.0 Å². The highest BCUT2D eigenvalue weighted by Gasteiger charge is 2.29. The third kappa shape index (κ3) is 5.70. The number of halogens is 2. The molecule has 0 atom stereocenters. The first kappa shape index (κ1) is 22.9. The lowest BCUT2D eigenvalue weighted by molar-refractivity contribution is -0.123. The first-order chi connectivity index (χ1) is 14.8. The van der Waals surface area contributed by atoms with Gasteiger partial charge in [-0.15, -0.1) is 0 Å². The van der Waals surface area contributed by atoms with Crippen molar-refractivity contribution in [3.63, 3.8) is 0 Å². The van der Waals surface area contributed by atoms with Crippen molar-refractivity contribution in [1.82, 2.24) is 15.2 Å². The molecule has 2 aromatic rings. The number of hydrazine groups is 1. The van der Waals surface area contributed by atoms with E-state index in [9.17, 15) is 22.4 Å². The normalized spacial score (nSPS) is 14.6. The summed E-state index contributed by atoms with van der Waals surface area (Å²) in [5.41, 5.74) is 4.22. The predicted octanol–water partition coefficient (Wildman–Crippen LogP) is 1.34. The first-order valence-electron chi connectivity index (χ1n) is 9.13. The van der Waals surface area contributed by atoms with Crippen molar-refractivity contribution >= 4 is 33.4 Å². The Balaban J connectivity index is 1.62. The topological polar surface area (TPSA) is 114 Å². The van der Waals surface area contributed by atoms with Crippen molar-refractivity contribution < 1.29 is 31.9 Å². The van der Waals surface area contributed by atoms with Crippen molar-refractivity contribution in [3.8, 4) is 5.75 Å². The Morgan fingerprint density at radius 3 is 2.55 bits per heavy atom. The van der Waals surface area contributed by atoms with E-state index in [0.717, 1.165) is 6.07 Å². The molecule has 0 bridgehead atoms. The fourth-order valence-corrected chi connectivity index (χ4v) is 4.62. The molecule has 2 N–H and O–H groups in total. The number of hydrogen-bond donors (Lipinski definition) is 2. The maximum absolute atomic E-state index is 13.5. The van der Waals surface area contributed by atoms with Gasteiger partial charge in [-0.05, 0) is 30.3 Å². The van der Waals surface area contributed by atoms with Crippen LogP contribution in [-0.2, 0) is 19.6 Å². The minimum Gasteiger partial charge on any atom is -0.481 e. The number of rotatable bonds is 6. The van der Waals surface area contributed by atoms with Crippen molar-refractivity contribution in [2.45, 2.75) is 4.90 Å². The summed E-state index contributed by atoms with van der Waals surface area (Å²) in [6.07, 6.45) is 0. The second-order valence-electron chi connectivity index (χ2n) is 6.38. The molecule has 31 heavy (non-hydrogen) atoms. The van der Waals surface area contributed by atoms with Crippen LogP contribution < -0.4 is 15.6 Å². The summed E-state index contributed by atoms with van der Waals surface area (Å²) in [5, 5.41) is -0.0367. The van der Waals surface area contributed by atoms with Gasteiger partial charge < -0.3 is 9.47 Å². The maximum atomic E-state index is 13.5. The van der Waals surface area contributed by atoms with Crippen LogP contribution in [-0.4, -0.2) is 57.4 Å². The van der Waals surface area contributed by atoms with Crippen LogP contribution in [0.3, 0.4) is 0 Å². The Kier molecular flexibility index (Phi) is 7.44. The average molecular weight is 472 g/mol. The molecule has 0 spiro atoms. The first-order valence-corrected chi connectivity index (χ1v) is 10.9. The Bertz CT molecular complexity index is 1080. The minimum absolute atomic E-state index is 0.0356. The van der Waals surface area contributed by atoms with E-state index in [4.69, 9.17) is 21.1 Å². The Morgan fingerprint density at radius 1 is 1.13 bits per heavy atom. The van der Waals surface area contributed by atoms with Gasteiger partial charge in [0.15, 0.2) is 18.2 Å². The second-order valence-corrected chi connectivity index (χ2v) is 8.70. The smallest absolute Gasteiger partial charge is 0.276 e. The molecule has 166 valence electrons. The summed E-state index contributed by atoms with van der Waals surface area (Å²) < 4.78 is 50.6. The number of carbonyl (C=O) groups is 2. The molecule has 12 heteroatoms. The highest BCUT2D eigenvalue weighted by atomic mass is 35.5. The molecule has 3 rings (SSSR count). The van der Waals surface area contributed by atoms with Crippen LogP contribution in [0.1, 0.15) is 10.4 Å². The molecule has 0 unspecified atom stereocenters. The Labute approximate surface area is 183 Å². The van der Waals surface area contributed by atoms with E-state index in [1.54, 1.807) is 6.07 Å². The molecular weight excluding hydrogens is 453 g/mol. The van der Waals surface area contributed by atoms with Crippen molar-refractivity contribution in [2.75, 3.05) is 32.9 Å². The minimum atomic E-state index is -3.92. The Hall–Kier alpha value is -2.73. The third-order valence-electron chi connectivity index (χ3n) is 4.29. The number of carbonyl (C=O) groups excluding carboxylic acids is 2. The van der Waals surface area contributed by atoms with E-state index in [-0.39, 0.29) is 47.5 Å². The third-order valence-corrected chi connectivity index (χ3v) is 6.67. The number of para-hydroxylation sites is 1. The molecule has 1 aliphatic rings. The number of sulfonamides is 1. The molecular formula is C19H19ClFN3O6S. The van der Waals surface area contributed by atoms with Gasteiger partial charge in [-0.25, -0.2) is 12.8 Å². The van der Waals surface area contributed by atoms with Crippen LogP contribution in [0.2, 0.25) is 5.02 Å². The van der Waals surface area contributed by atoms with Crippen LogP contribution in [0.15, 0.2) is 47.4 Å². The molecule has 1 heterocycles. The summed E-state index contributed by atoms with van der Waals surface area (Å²) in [6, 6.07) is 9.28. The van der Waals surface area contributed by atoms with Crippen LogP contribution in [0, 0.1) is 5.82 Å². The van der Waals surface area contributed by atoms with Gasteiger partial charge in [0.25, 0.3) is 11.8 Å². The van der Waals surface area contributed by atoms with Crippen LogP contribution in [0.5, 0.6) is 5.75 Å². The van der Waals surface area contributed by atoms with Crippen molar-refractivity contribution in [3.05, 3.63) is 58.9 Å². The summed E-state index contributed by atoms with van der Waals surface area (Å²) in [4.78, 5) is 24.0. The lowest BCUT2D eigenvalue weighted by atomic mass is 10.2. The summed E-state index contributed by atoms with van der Waals surface area (Å²) in [5.74, 6) is -2.25. The number of benzene rings is 2. The van der Waals surface area contributed by atoms with Crippen LogP contribution in [0.25, 0.3) is 0 Å². The highest BCUT2D eigenvalue weighted by molar-refractivity contribution is 7.89. The van der Waals surface area contributed by atoms with E-state index in [0.29, 0.717) is 0 Å². The van der Waals surface area contributed by atoms with E-state index in [1.807, 2.05) is 0 Å². The monoisotopic (exact) mass is 471 g/mol. The van der Waals surface area contributed by atoms with Gasteiger partial charge in [-0.1, -0.05) is 23.7 Å². The molecule has 2 amide bonds. The van der Waals surface area contributed by atoms with Crippen molar-refractivity contribution in [1.29, 1.82) is 0 Å². The van der Waals surface area contributed by atoms with E-state index >= 15 is 0 Å². The molecule has 9 nitrogen and oxygen atoms in total. The molecule has 1 saturated heterocycles. The summed E-state index contributed by atoms with van der Waals surface area (Å²) in [7, 11) is -3.92. The fourth-order valence-electron chi connectivity index (χ4n) is 2.71. The SMILES string of the molecule is O=C(COc1ccccc1F)NNC(=O)c1ccc(Cl)c(S(=O)(=O)N2CCOCC2)c1. The molecule has 0 aliphatic carbocycles. The second kappa shape index (κ2) is 10.1. The quantitative estimate of drug-likeness (QED) is 0.614. The lowest BCUT2D eigenvalue weighted by Gasteiger charge is -2.26. The number of morpholine rings is 1. The maximum Gasteiger partial charge on any atom is 0.276 e. The van der Waals surface area contributed by atoms with Gasteiger partial charge in [-0.3, -0.25) is 20.4 Å². The van der Waals surface area contributed by atoms with Gasteiger partial charge in [0.1, 0.15) is 4.90 Å². The van der Waals surface area contributed by atoms with E-state index in [1.165, 1.54) is 34.6 Å².